The molecule has 1 fully saturated rings. The molecule has 2 aromatic carbocycles. The highest BCUT2D eigenvalue weighted by Crippen LogP contribution is 2.80. The van der Waals surface area contributed by atoms with E-state index in [1.807, 2.05) is 0 Å². The van der Waals surface area contributed by atoms with Gasteiger partial charge in [-0.05, 0) is 34.1 Å². The second-order valence-corrected chi connectivity index (χ2v) is 6.06. The minimum atomic E-state index is -0.300. The fourth-order valence-electron chi connectivity index (χ4n) is 4.80. The van der Waals surface area contributed by atoms with Gasteiger partial charge >= 0.3 is 0 Å². The summed E-state index contributed by atoms with van der Waals surface area (Å²) in [5.41, 5.74) is 5.26. The summed E-state index contributed by atoms with van der Waals surface area (Å²) in [6.45, 7) is 0.479. The van der Waals surface area contributed by atoms with E-state index in [1.54, 1.807) is 0 Å². The highest BCUT2D eigenvalue weighted by atomic mass is 16.5. The summed E-state index contributed by atoms with van der Waals surface area (Å²) in [5, 5.41) is 9.22. The van der Waals surface area contributed by atoms with Crippen LogP contribution < -0.4 is 0 Å². The molecule has 3 aliphatic carbocycles. The molecular formula is C18H16O2. The highest BCUT2D eigenvalue weighted by Gasteiger charge is 2.74. The molecule has 0 radical (unpaired) electrons. The van der Waals surface area contributed by atoms with Crippen molar-refractivity contribution in [2.45, 2.75) is 17.4 Å². The van der Waals surface area contributed by atoms with E-state index in [1.165, 1.54) is 22.3 Å². The minimum Gasteiger partial charge on any atom is -0.394 e. The van der Waals surface area contributed by atoms with Gasteiger partial charge in [-0.3, -0.25) is 0 Å². The quantitative estimate of drug-likeness (QED) is 0.923. The van der Waals surface area contributed by atoms with Gasteiger partial charge in [0.25, 0.3) is 0 Å². The van der Waals surface area contributed by atoms with Crippen LogP contribution in [0.4, 0.5) is 0 Å². The molecule has 1 N–H and O–H groups in total. The van der Waals surface area contributed by atoms with Gasteiger partial charge in [-0.1, -0.05) is 48.5 Å². The lowest BCUT2D eigenvalue weighted by molar-refractivity contribution is -0.0415. The van der Waals surface area contributed by atoms with Gasteiger partial charge in [0.15, 0.2) is 0 Å². The number of fused-ring (bicyclic) bond motifs is 7. The number of ether oxygens (including phenoxy) is 1. The molecule has 0 heterocycles. The number of benzene rings is 2. The van der Waals surface area contributed by atoms with Crippen molar-refractivity contribution in [2.75, 3.05) is 13.2 Å². The van der Waals surface area contributed by atoms with Crippen molar-refractivity contribution >= 4 is 0 Å². The molecule has 0 bridgehead atoms. The van der Waals surface area contributed by atoms with Gasteiger partial charge in [-0.2, -0.15) is 0 Å². The second-order valence-electron chi connectivity index (χ2n) is 6.06. The monoisotopic (exact) mass is 264 g/mol. The van der Waals surface area contributed by atoms with Crippen LogP contribution >= 0.6 is 0 Å². The Hall–Kier alpha value is -1.64. The Labute approximate surface area is 118 Å². The molecule has 0 aliphatic heterocycles. The number of aliphatic hydroxyl groups is 1. The number of hydrogen-bond donors (Lipinski definition) is 1. The Kier molecular flexibility index (Phi) is 1.94. The first-order valence-corrected chi connectivity index (χ1v) is 7.33. The molecule has 1 saturated carbocycles. The van der Waals surface area contributed by atoms with E-state index in [4.69, 9.17) is 4.74 Å². The minimum absolute atomic E-state index is 0.0775. The van der Waals surface area contributed by atoms with Crippen LogP contribution in [0.2, 0.25) is 0 Å². The average molecular weight is 264 g/mol. The van der Waals surface area contributed by atoms with E-state index in [-0.39, 0.29) is 12.2 Å². The molecule has 100 valence electrons. The Morgan fingerprint density at radius 2 is 1.45 bits per heavy atom. The summed E-state index contributed by atoms with van der Waals surface area (Å²) in [5.74, 6) is 1.79. The fourth-order valence-corrected chi connectivity index (χ4v) is 4.80. The predicted octanol–water partition coefficient (Wildman–Crippen LogP) is 2.76. The van der Waals surface area contributed by atoms with Crippen LogP contribution in [0, 0.1) is 5.92 Å². The van der Waals surface area contributed by atoms with Gasteiger partial charge in [-0.25, -0.2) is 0 Å². The van der Waals surface area contributed by atoms with Crippen molar-refractivity contribution in [3.8, 4) is 0 Å². The van der Waals surface area contributed by atoms with E-state index in [2.05, 4.69) is 48.5 Å². The molecule has 2 heteroatoms. The largest absolute Gasteiger partial charge is 0.394 e. The van der Waals surface area contributed by atoms with Crippen molar-refractivity contribution in [1.29, 1.82) is 0 Å². The molecule has 0 amide bonds. The highest BCUT2D eigenvalue weighted by molar-refractivity contribution is 5.66. The molecule has 0 saturated heterocycles. The van der Waals surface area contributed by atoms with E-state index < -0.39 is 0 Å². The van der Waals surface area contributed by atoms with Crippen molar-refractivity contribution in [3.63, 3.8) is 0 Å². The normalized spacial score (nSPS) is 34.5. The van der Waals surface area contributed by atoms with Crippen LogP contribution in [0.25, 0.3) is 0 Å². The zero-order valence-corrected chi connectivity index (χ0v) is 11.1. The third-order valence-corrected chi connectivity index (χ3v) is 5.35. The first-order valence-electron chi connectivity index (χ1n) is 7.33. The summed E-state index contributed by atoms with van der Waals surface area (Å²) < 4.78 is 6.29. The Morgan fingerprint density at radius 1 is 0.900 bits per heavy atom. The Balaban J connectivity index is 1.79. The van der Waals surface area contributed by atoms with Crippen LogP contribution in [-0.4, -0.2) is 18.3 Å². The molecule has 3 aliphatic rings. The van der Waals surface area contributed by atoms with Gasteiger partial charge < -0.3 is 9.84 Å². The van der Waals surface area contributed by atoms with Gasteiger partial charge in [0.05, 0.1) is 13.2 Å². The van der Waals surface area contributed by atoms with Crippen molar-refractivity contribution < 1.29 is 9.84 Å². The molecule has 0 aromatic heterocycles. The third kappa shape index (κ3) is 1.03. The maximum absolute atomic E-state index is 9.22. The summed E-state index contributed by atoms with van der Waals surface area (Å²) in [6, 6.07) is 17.4. The molecule has 20 heavy (non-hydrogen) atoms. The Morgan fingerprint density at radius 3 is 2.00 bits per heavy atom. The SMILES string of the molecule is OCCOC12c3ccccc3[C@@H]3C1[C@@H]3c1ccccc12. The van der Waals surface area contributed by atoms with E-state index in [9.17, 15) is 5.11 Å². The zero-order valence-electron chi connectivity index (χ0n) is 11.1. The Bertz CT molecular complexity index is 653. The van der Waals surface area contributed by atoms with Crippen molar-refractivity contribution in [1.82, 2.24) is 0 Å². The number of rotatable bonds is 3. The molecule has 2 nitrogen and oxygen atoms in total. The van der Waals surface area contributed by atoms with Gasteiger partial charge in [0.2, 0.25) is 0 Å². The van der Waals surface area contributed by atoms with E-state index in [0.29, 0.717) is 24.4 Å². The lowest BCUT2D eigenvalue weighted by atomic mass is 9.87. The molecule has 0 spiro atoms. The van der Waals surface area contributed by atoms with Crippen molar-refractivity contribution in [3.05, 3.63) is 70.8 Å². The van der Waals surface area contributed by atoms with Gasteiger partial charge in [-0.15, -0.1) is 0 Å². The van der Waals surface area contributed by atoms with Crippen LogP contribution in [0.15, 0.2) is 48.5 Å². The van der Waals surface area contributed by atoms with Crippen molar-refractivity contribution in [2.24, 2.45) is 5.92 Å². The predicted molar refractivity (Wildman–Crippen MR) is 75.7 cm³/mol. The van der Waals surface area contributed by atoms with E-state index >= 15 is 0 Å². The lowest BCUT2D eigenvalue weighted by Crippen LogP contribution is -2.31. The maximum atomic E-state index is 9.22. The zero-order chi connectivity index (χ0) is 13.3. The lowest BCUT2D eigenvalue weighted by Gasteiger charge is -2.31. The maximum Gasteiger partial charge on any atom is 0.123 e. The molecule has 2 aromatic rings. The van der Waals surface area contributed by atoms with Gasteiger partial charge in [0.1, 0.15) is 5.60 Å². The summed E-state index contributed by atoms with van der Waals surface area (Å²) >= 11 is 0. The second kappa shape index (κ2) is 3.51. The molecule has 4 atom stereocenters. The van der Waals surface area contributed by atoms with Crippen LogP contribution in [0.5, 0.6) is 0 Å². The molecule has 5 rings (SSSR count). The topological polar surface area (TPSA) is 29.5 Å². The van der Waals surface area contributed by atoms with Crippen LogP contribution in [-0.2, 0) is 10.3 Å². The van der Waals surface area contributed by atoms with Crippen LogP contribution in [0.3, 0.4) is 0 Å². The summed E-state index contributed by atoms with van der Waals surface area (Å²) in [6.07, 6.45) is 0. The molecule has 2 unspecified atom stereocenters. The number of aliphatic hydroxyl groups excluding tert-OH is 1. The fraction of sp³-hybridized carbons (Fsp3) is 0.333. The first kappa shape index (κ1) is 11.1. The summed E-state index contributed by atoms with van der Waals surface area (Å²) in [7, 11) is 0. The summed E-state index contributed by atoms with van der Waals surface area (Å²) in [4.78, 5) is 0. The smallest absolute Gasteiger partial charge is 0.123 e. The van der Waals surface area contributed by atoms with Gasteiger partial charge in [0, 0.05) is 5.92 Å². The average Bonchev–Trinajstić information content (AvgIpc) is 3.11. The number of hydrogen-bond acceptors (Lipinski definition) is 2. The van der Waals surface area contributed by atoms with E-state index in [0.717, 1.165) is 0 Å². The third-order valence-electron chi connectivity index (χ3n) is 5.35. The van der Waals surface area contributed by atoms with Crippen LogP contribution in [0.1, 0.15) is 34.1 Å². The standard InChI is InChI=1S/C18H16O2/c19-9-10-20-18-13-7-3-1-5-11(13)15-16(17(15)18)12-6-2-4-8-14(12)18/h1-8,15-17,19H,9-10H2/t15-,16+,17?,18?. The molecular weight excluding hydrogens is 248 g/mol. The first-order chi connectivity index (χ1) is 9.89.